The highest BCUT2D eigenvalue weighted by atomic mass is 19.2. The fourth-order valence-electron chi connectivity index (χ4n) is 1.02. The van der Waals surface area contributed by atoms with Crippen molar-refractivity contribution in [3.8, 4) is 0 Å². The Morgan fingerprint density at radius 3 is 1.00 bits per heavy atom. The van der Waals surface area contributed by atoms with Crippen molar-refractivity contribution < 1.29 is 17.6 Å². The molecule has 0 aliphatic heterocycles. The van der Waals surface area contributed by atoms with Crippen LogP contribution in [-0.4, -0.2) is 24.7 Å². The van der Waals surface area contributed by atoms with Crippen LogP contribution in [0.4, 0.5) is 17.6 Å². The monoisotopic (exact) mass is 156 g/mol. The van der Waals surface area contributed by atoms with E-state index in [-0.39, 0.29) is 0 Å². The highest BCUT2D eigenvalue weighted by molar-refractivity contribution is 4.86. The normalized spacial score (nSPS) is 49.2. The summed E-state index contributed by atoms with van der Waals surface area (Å²) in [5, 5.41) is 0. The van der Waals surface area contributed by atoms with Crippen LogP contribution in [-0.2, 0) is 0 Å². The van der Waals surface area contributed by atoms with Gasteiger partial charge in [-0.15, -0.1) is 0 Å². The maximum atomic E-state index is 12.2. The Hall–Kier alpha value is -0.280. The molecule has 1 fully saturated rings. The van der Waals surface area contributed by atoms with E-state index in [1.807, 2.05) is 0 Å². The predicted octanol–water partition coefficient (Wildman–Crippen LogP) is 2.13. The highest BCUT2D eigenvalue weighted by Crippen LogP contribution is 2.28. The van der Waals surface area contributed by atoms with E-state index in [1.54, 1.807) is 0 Å². The van der Waals surface area contributed by atoms with Crippen LogP contribution in [0.1, 0.15) is 12.8 Å². The van der Waals surface area contributed by atoms with Crippen LogP contribution >= 0.6 is 0 Å². The zero-order valence-electron chi connectivity index (χ0n) is 5.24. The lowest BCUT2D eigenvalue weighted by Crippen LogP contribution is -2.36. The third-order valence-electron chi connectivity index (χ3n) is 1.69. The number of rotatable bonds is 0. The SMILES string of the molecule is FC1CC(F)C(F)CC1F. The molecule has 0 aromatic rings. The Kier molecular flexibility index (Phi) is 2.16. The van der Waals surface area contributed by atoms with Crippen molar-refractivity contribution in [2.24, 2.45) is 0 Å². The predicted molar refractivity (Wildman–Crippen MR) is 28.8 cm³/mol. The molecule has 4 unspecified atom stereocenters. The average Bonchev–Trinajstić information content (AvgIpc) is 1.84. The summed E-state index contributed by atoms with van der Waals surface area (Å²) in [4.78, 5) is 0. The van der Waals surface area contributed by atoms with Gasteiger partial charge in [0.25, 0.3) is 0 Å². The van der Waals surface area contributed by atoms with Gasteiger partial charge in [0.2, 0.25) is 0 Å². The van der Waals surface area contributed by atoms with Gasteiger partial charge >= 0.3 is 0 Å². The molecule has 1 saturated carbocycles. The standard InChI is InChI=1S/C6H8F4/c7-3-1-4(8)6(10)2-5(3)9/h3-6H,1-2H2. The Morgan fingerprint density at radius 2 is 0.800 bits per heavy atom. The zero-order valence-corrected chi connectivity index (χ0v) is 5.24. The van der Waals surface area contributed by atoms with Crippen LogP contribution in [0.15, 0.2) is 0 Å². The fourth-order valence-corrected chi connectivity index (χ4v) is 1.02. The van der Waals surface area contributed by atoms with Gasteiger partial charge in [0.1, 0.15) is 24.7 Å². The van der Waals surface area contributed by atoms with Gasteiger partial charge in [-0.1, -0.05) is 0 Å². The lowest BCUT2D eigenvalue weighted by molar-refractivity contribution is 0.0148. The molecule has 1 aliphatic rings. The van der Waals surface area contributed by atoms with E-state index in [4.69, 9.17) is 0 Å². The summed E-state index contributed by atoms with van der Waals surface area (Å²) in [6, 6.07) is 0. The molecule has 0 aromatic carbocycles. The van der Waals surface area contributed by atoms with Crippen LogP contribution in [0.25, 0.3) is 0 Å². The summed E-state index contributed by atoms with van der Waals surface area (Å²) in [6.45, 7) is 0. The first-order valence-electron chi connectivity index (χ1n) is 3.17. The summed E-state index contributed by atoms with van der Waals surface area (Å²) >= 11 is 0. The smallest absolute Gasteiger partial charge is 0.134 e. The van der Waals surface area contributed by atoms with E-state index in [2.05, 4.69) is 0 Å². The van der Waals surface area contributed by atoms with Crippen LogP contribution in [0.3, 0.4) is 0 Å². The second-order valence-corrected chi connectivity index (χ2v) is 2.54. The van der Waals surface area contributed by atoms with Crippen LogP contribution in [0.2, 0.25) is 0 Å². The molecule has 0 N–H and O–H groups in total. The first kappa shape index (κ1) is 7.82. The zero-order chi connectivity index (χ0) is 7.72. The minimum absolute atomic E-state index is 0.637. The molecule has 4 heteroatoms. The van der Waals surface area contributed by atoms with Crippen molar-refractivity contribution >= 4 is 0 Å². The molecule has 0 heterocycles. The van der Waals surface area contributed by atoms with Gasteiger partial charge in [-0.3, -0.25) is 0 Å². The van der Waals surface area contributed by atoms with Gasteiger partial charge in [-0.25, -0.2) is 17.6 Å². The van der Waals surface area contributed by atoms with Gasteiger partial charge in [-0.05, 0) is 0 Å². The minimum Gasteiger partial charge on any atom is -0.244 e. The van der Waals surface area contributed by atoms with Crippen LogP contribution in [0, 0.1) is 0 Å². The van der Waals surface area contributed by atoms with Crippen molar-refractivity contribution in [3.05, 3.63) is 0 Å². The number of hydrogen-bond donors (Lipinski definition) is 0. The van der Waals surface area contributed by atoms with Crippen molar-refractivity contribution in [1.82, 2.24) is 0 Å². The first-order chi connectivity index (χ1) is 4.61. The molecule has 60 valence electrons. The van der Waals surface area contributed by atoms with Gasteiger partial charge < -0.3 is 0 Å². The van der Waals surface area contributed by atoms with E-state index in [0.29, 0.717) is 0 Å². The molecule has 0 amide bonds. The van der Waals surface area contributed by atoms with E-state index < -0.39 is 37.5 Å². The highest BCUT2D eigenvalue weighted by Gasteiger charge is 2.37. The maximum Gasteiger partial charge on any atom is 0.134 e. The van der Waals surface area contributed by atoms with Crippen LogP contribution in [0.5, 0.6) is 0 Å². The molecule has 10 heavy (non-hydrogen) atoms. The minimum atomic E-state index is -1.82. The second-order valence-electron chi connectivity index (χ2n) is 2.54. The molecule has 1 rings (SSSR count). The lowest BCUT2D eigenvalue weighted by Gasteiger charge is -2.25. The molecule has 0 bridgehead atoms. The molecule has 0 nitrogen and oxygen atoms in total. The molecule has 0 saturated heterocycles. The van der Waals surface area contributed by atoms with E-state index in [9.17, 15) is 17.6 Å². The van der Waals surface area contributed by atoms with Gasteiger partial charge in [0, 0.05) is 12.8 Å². The van der Waals surface area contributed by atoms with Crippen molar-refractivity contribution in [2.45, 2.75) is 37.5 Å². The Labute approximate surface area is 56.2 Å². The van der Waals surface area contributed by atoms with Gasteiger partial charge in [-0.2, -0.15) is 0 Å². The fraction of sp³-hybridized carbons (Fsp3) is 1.00. The second kappa shape index (κ2) is 2.76. The first-order valence-corrected chi connectivity index (χ1v) is 3.17. The molecule has 4 atom stereocenters. The molecule has 0 aromatic heterocycles. The van der Waals surface area contributed by atoms with Crippen molar-refractivity contribution in [2.75, 3.05) is 0 Å². The maximum absolute atomic E-state index is 12.2. The van der Waals surface area contributed by atoms with Crippen LogP contribution < -0.4 is 0 Å². The number of hydrogen-bond acceptors (Lipinski definition) is 0. The van der Waals surface area contributed by atoms with Crippen molar-refractivity contribution in [1.29, 1.82) is 0 Å². The summed E-state index contributed by atoms with van der Waals surface area (Å²) in [5.41, 5.74) is 0. The average molecular weight is 156 g/mol. The Bertz CT molecular complexity index is 90.3. The summed E-state index contributed by atoms with van der Waals surface area (Å²) in [6.07, 6.45) is -8.54. The number of alkyl halides is 4. The quantitative estimate of drug-likeness (QED) is 0.471. The Balaban J connectivity index is 2.46. The van der Waals surface area contributed by atoms with Crippen molar-refractivity contribution in [3.63, 3.8) is 0 Å². The lowest BCUT2D eigenvalue weighted by atomic mass is 9.94. The third kappa shape index (κ3) is 1.41. The molecule has 0 spiro atoms. The topological polar surface area (TPSA) is 0 Å². The van der Waals surface area contributed by atoms with Gasteiger partial charge in [0.05, 0.1) is 0 Å². The number of halogens is 4. The summed E-state index contributed by atoms with van der Waals surface area (Å²) in [7, 11) is 0. The summed E-state index contributed by atoms with van der Waals surface area (Å²) < 4.78 is 48.9. The molecular formula is C6H8F4. The van der Waals surface area contributed by atoms with Gasteiger partial charge in [0.15, 0.2) is 0 Å². The summed E-state index contributed by atoms with van der Waals surface area (Å²) in [5.74, 6) is 0. The van der Waals surface area contributed by atoms with E-state index in [1.165, 1.54) is 0 Å². The van der Waals surface area contributed by atoms with E-state index in [0.717, 1.165) is 0 Å². The Morgan fingerprint density at radius 1 is 0.600 bits per heavy atom. The molecule has 1 aliphatic carbocycles. The third-order valence-corrected chi connectivity index (χ3v) is 1.69. The largest absolute Gasteiger partial charge is 0.244 e. The molecular weight excluding hydrogens is 148 g/mol. The van der Waals surface area contributed by atoms with E-state index >= 15 is 0 Å². The molecule has 0 radical (unpaired) electrons.